The number of carboxylic acids is 1. The largest absolute Gasteiger partial charge is 0.493 e. The number of anilines is 1. The number of carboxylic acid groups (broad SMARTS) is 1. The molecule has 184 valence electrons. The van der Waals surface area contributed by atoms with Crippen LogP contribution in [-0.2, 0) is 11.2 Å². The Morgan fingerprint density at radius 3 is 2.86 bits per heavy atom. The van der Waals surface area contributed by atoms with Crippen molar-refractivity contribution < 1.29 is 33.3 Å². The lowest BCUT2D eigenvalue weighted by Gasteiger charge is -2.18. The van der Waals surface area contributed by atoms with Crippen molar-refractivity contribution in [1.29, 1.82) is 0 Å². The van der Waals surface area contributed by atoms with E-state index in [1.807, 2.05) is 42.5 Å². The molecule has 1 atom stereocenters. The number of aromatic nitrogens is 1. The van der Waals surface area contributed by atoms with Gasteiger partial charge in [-0.05, 0) is 42.0 Å². The molecule has 2 N–H and O–H groups in total. The molecular formula is C27H24N2O7. The van der Waals surface area contributed by atoms with Crippen LogP contribution in [0.5, 0.6) is 23.0 Å². The summed E-state index contributed by atoms with van der Waals surface area (Å²) in [5.41, 5.74) is 3.16. The lowest BCUT2D eigenvalue weighted by atomic mass is 9.88. The average Bonchev–Trinajstić information content (AvgIpc) is 3.53. The fraction of sp³-hybridized carbons (Fsp3) is 0.259. The van der Waals surface area contributed by atoms with E-state index in [9.17, 15) is 9.90 Å². The number of aliphatic carboxylic acids is 1. The molecule has 0 amide bonds. The van der Waals surface area contributed by atoms with Gasteiger partial charge in [0.1, 0.15) is 17.9 Å². The van der Waals surface area contributed by atoms with Crippen LogP contribution in [0.25, 0.3) is 11.0 Å². The molecule has 6 rings (SSSR count). The van der Waals surface area contributed by atoms with Crippen LogP contribution in [0.1, 0.15) is 29.2 Å². The van der Waals surface area contributed by atoms with Crippen molar-refractivity contribution in [3.8, 4) is 23.0 Å². The maximum Gasteiger partial charge on any atom is 0.304 e. The molecule has 0 aliphatic carbocycles. The number of fused-ring (bicyclic) bond motifs is 3. The third-order valence-corrected chi connectivity index (χ3v) is 6.32. The van der Waals surface area contributed by atoms with Crippen LogP contribution < -0.4 is 24.3 Å². The second kappa shape index (κ2) is 9.33. The monoisotopic (exact) mass is 488 g/mol. The van der Waals surface area contributed by atoms with Crippen molar-refractivity contribution in [2.45, 2.75) is 18.8 Å². The SMILES string of the molecule is O=C(O)CC(c1ccc2c(c1)OCO2)c1coc2cc(OCCc3ccc4c(n3)NCCO4)ccc12. The second-order valence-electron chi connectivity index (χ2n) is 8.64. The van der Waals surface area contributed by atoms with Gasteiger partial charge in [-0.15, -0.1) is 0 Å². The standard InChI is InChI=1S/C27H24N2O7/c30-26(31)13-20(16-1-5-22-25(11-16)36-15-35-22)21-14-34-24-12-18(3-4-19(21)24)32-9-7-17-2-6-23-27(29-17)28-8-10-33-23/h1-6,11-12,14,20H,7-10,13,15H2,(H,28,29)(H,30,31). The van der Waals surface area contributed by atoms with Gasteiger partial charge in [0.25, 0.3) is 0 Å². The molecule has 0 saturated carbocycles. The molecule has 36 heavy (non-hydrogen) atoms. The molecule has 2 aliphatic rings. The lowest BCUT2D eigenvalue weighted by molar-refractivity contribution is -0.137. The van der Waals surface area contributed by atoms with Gasteiger partial charge in [-0.3, -0.25) is 4.79 Å². The summed E-state index contributed by atoms with van der Waals surface area (Å²) in [4.78, 5) is 16.3. The van der Waals surface area contributed by atoms with Crippen LogP contribution in [0.3, 0.4) is 0 Å². The normalized spacial score (nSPS) is 14.6. The van der Waals surface area contributed by atoms with Crippen LogP contribution in [0.2, 0.25) is 0 Å². The van der Waals surface area contributed by atoms with Gasteiger partial charge in [-0.25, -0.2) is 4.98 Å². The van der Waals surface area contributed by atoms with E-state index in [1.54, 1.807) is 12.3 Å². The number of nitrogens with zero attached hydrogens (tertiary/aromatic N) is 1. The molecule has 9 nitrogen and oxygen atoms in total. The summed E-state index contributed by atoms with van der Waals surface area (Å²) in [5, 5.41) is 13.7. The van der Waals surface area contributed by atoms with Crippen LogP contribution in [0.15, 0.2) is 59.2 Å². The van der Waals surface area contributed by atoms with Gasteiger partial charge in [-0.1, -0.05) is 6.07 Å². The zero-order valence-corrected chi connectivity index (χ0v) is 19.4. The Balaban J connectivity index is 1.19. The van der Waals surface area contributed by atoms with E-state index in [0.717, 1.165) is 40.3 Å². The number of benzene rings is 2. The average molecular weight is 488 g/mol. The summed E-state index contributed by atoms with van der Waals surface area (Å²) in [6.45, 7) is 1.99. The van der Waals surface area contributed by atoms with E-state index in [2.05, 4.69) is 10.3 Å². The maximum absolute atomic E-state index is 11.7. The van der Waals surface area contributed by atoms with Gasteiger partial charge >= 0.3 is 5.97 Å². The third-order valence-electron chi connectivity index (χ3n) is 6.32. The van der Waals surface area contributed by atoms with Crippen molar-refractivity contribution in [3.63, 3.8) is 0 Å². The minimum Gasteiger partial charge on any atom is -0.493 e. The number of hydrogen-bond acceptors (Lipinski definition) is 8. The minimum atomic E-state index is -0.899. The summed E-state index contributed by atoms with van der Waals surface area (Å²) in [6, 6.07) is 15.0. The highest BCUT2D eigenvalue weighted by Crippen LogP contribution is 2.40. The fourth-order valence-corrected chi connectivity index (χ4v) is 4.57. The van der Waals surface area contributed by atoms with Crippen molar-refractivity contribution in [2.24, 2.45) is 0 Å². The highest BCUT2D eigenvalue weighted by Gasteiger charge is 2.25. The van der Waals surface area contributed by atoms with Gasteiger partial charge < -0.3 is 33.8 Å². The zero-order chi connectivity index (χ0) is 24.5. The molecule has 0 bridgehead atoms. The first kappa shape index (κ1) is 22.1. The summed E-state index contributed by atoms with van der Waals surface area (Å²) in [7, 11) is 0. The lowest BCUT2D eigenvalue weighted by Crippen LogP contribution is -2.19. The third kappa shape index (κ3) is 4.35. The predicted molar refractivity (Wildman–Crippen MR) is 130 cm³/mol. The smallest absolute Gasteiger partial charge is 0.304 e. The first-order valence-corrected chi connectivity index (χ1v) is 11.8. The van der Waals surface area contributed by atoms with Crippen molar-refractivity contribution >= 4 is 22.8 Å². The molecule has 9 heteroatoms. The van der Waals surface area contributed by atoms with Gasteiger partial charge in [0.05, 0.1) is 25.8 Å². The first-order valence-electron chi connectivity index (χ1n) is 11.8. The van der Waals surface area contributed by atoms with Crippen molar-refractivity contribution in [2.75, 3.05) is 31.9 Å². The fourth-order valence-electron chi connectivity index (χ4n) is 4.57. The molecule has 0 radical (unpaired) electrons. The molecule has 0 saturated heterocycles. The molecule has 1 unspecified atom stereocenters. The number of rotatable bonds is 8. The van der Waals surface area contributed by atoms with Crippen LogP contribution in [0.4, 0.5) is 5.82 Å². The number of carbonyl (C=O) groups is 1. The highest BCUT2D eigenvalue weighted by molar-refractivity contribution is 5.84. The van der Waals surface area contributed by atoms with E-state index in [0.29, 0.717) is 42.5 Å². The van der Waals surface area contributed by atoms with E-state index in [1.165, 1.54) is 0 Å². The Labute approximate surface area is 206 Å². The molecular weight excluding hydrogens is 464 g/mol. The molecule has 0 spiro atoms. The summed E-state index contributed by atoms with van der Waals surface area (Å²) < 4.78 is 28.2. The number of ether oxygens (including phenoxy) is 4. The predicted octanol–water partition coefficient (Wildman–Crippen LogP) is 4.59. The first-order chi connectivity index (χ1) is 17.6. The Morgan fingerprint density at radius 1 is 1.06 bits per heavy atom. The molecule has 4 heterocycles. The van der Waals surface area contributed by atoms with Crippen molar-refractivity contribution in [3.05, 3.63) is 71.6 Å². The molecule has 2 aromatic heterocycles. The van der Waals surface area contributed by atoms with Gasteiger partial charge in [0.15, 0.2) is 23.1 Å². The Bertz CT molecular complexity index is 1430. The molecule has 2 aliphatic heterocycles. The summed E-state index contributed by atoms with van der Waals surface area (Å²) >= 11 is 0. The van der Waals surface area contributed by atoms with Gasteiger partial charge in [0, 0.05) is 35.0 Å². The number of furan rings is 1. The van der Waals surface area contributed by atoms with E-state index < -0.39 is 11.9 Å². The Morgan fingerprint density at radius 2 is 1.94 bits per heavy atom. The van der Waals surface area contributed by atoms with Gasteiger partial charge in [-0.2, -0.15) is 0 Å². The van der Waals surface area contributed by atoms with E-state index >= 15 is 0 Å². The molecule has 0 fully saturated rings. The number of nitrogens with one attached hydrogen (secondary N) is 1. The maximum atomic E-state index is 11.7. The minimum absolute atomic E-state index is 0.0831. The van der Waals surface area contributed by atoms with E-state index in [-0.39, 0.29) is 13.2 Å². The van der Waals surface area contributed by atoms with Gasteiger partial charge in [0.2, 0.25) is 6.79 Å². The summed E-state index contributed by atoms with van der Waals surface area (Å²) in [5.74, 6) is 2.17. The Kier molecular flexibility index (Phi) is 5.73. The molecule has 2 aromatic carbocycles. The zero-order valence-electron chi connectivity index (χ0n) is 19.4. The van der Waals surface area contributed by atoms with Crippen LogP contribution >= 0.6 is 0 Å². The van der Waals surface area contributed by atoms with E-state index in [4.69, 9.17) is 23.4 Å². The van der Waals surface area contributed by atoms with Crippen LogP contribution in [-0.4, -0.2) is 42.6 Å². The number of pyridine rings is 1. The summed E-state index contributed by atoms with van der Waals surface area (Å²) in [6.07, 6.45) is 2.18. The topological polar surface area (TPSA) is 112 Å². The molecule has 4 aromatic rings. The Hall–Kier alpha value is -4.40. The number of hydrogen-bond donors (Lipinski definition) is 2. The van der Waals surface area contributed by atoms with Crippen molar-refractivity contribution in [1.82, 2.24) is 4.98 Å². The highest BCUT2D eigenvalue weighted by atomic mass is 16.7. The quantitative estimate of drug-likeness (QED) is 0.368. The van der Waals surface area contributed by atoms with Crippen LogP contribution in [0, 0.1) is 0 Å². The second-order valence-corrected chi connectivity index (χ2v) is 8.64.